The average Bonchev–Trinajstić information content (AvgIpc) is 2.41. The van der Waals surface area contributed by atoms with Crippen molar-refractivity contribution in [2.75, 3.05) is 12.8 Å². The molecule has 0 saturated heterocycles. The maximum absolute atomic E-state index is 12.5. The maximum Gasteiger partial charge on any atom is 0.257 e. The molecule has 2 aromatic rings. The summed E-state index contributed by atoms with van der Waals surface area (Å²) in [5.74, 6) is -0.170. The molecular weight excluding hydrogens is 272 g/mol. The molecule has 0 unspecified atom stereocenters. The number of rotatable bonds is 3. The van der Waals surface area contributed by atoms with E-state index in [1.165, 1.54) is 0 Å². The predicted octanol–water partition coefficient (Wildman–Crippen LogP) is 3.50. The largest absolute Gasteiger partial charge is 0.398 e. The summed E-state index contributed by atoms with van der Waals surface area (Å²) in [6.45, 7) is 2.55. The van der Waals surface area contributed by atoms with Gasteiger partial charge in [0.1, 0.15) is 0 Å². The molecular formula is C16H17ClN2O. The number of carbonyl (C=O) groups is 1. The molecule has 1 amide bonds. The summed E-state index contributed by atoms with van der Waals surface area (Å²) < 4.78 is 0. The van der Waals surface area contributed by atoms with Crippen LogP contribution in [0.2, 0.25) is 5.02 Å². The third-order valence-corrected chi connectivity index (χ3v) is 3.59. The highest BCUT2D eigenvalue weighted by Gasteiger charge is 2.18. The number of hydrogen-bond donors (Lipinski definition) is 1. The second-order valence-electron chi connectivity index (χ2n) is 4.79. The molecule has 0 saturated carbocycles. The van der Waals surface area contributed by atoms with Crippen LogP contribution in [0.3, 0.4) is 0 Å². The smallest absolute Gasteiger partial charge is 0.257 e. The van der Waals surface area contributed by atoms with Crippen molar-refractivity contribution in [2.24, 2.45) is 0 Å². The molecule has 20 heavy (non-hydrogen) atoms. The number of amides is 1. The van der Waals surface area contributed by atoms with Crippen molar-refractivity contribution < 1.29 is 4.79 Å². The highest BCUT2D eigenvalue weighted by Crippen LogP contribution is 2.24. The minimum absolute atomic E-state index is 0.170. The molecule has 0 aromatic heterocycles. The van der Waals surface area contributed by atoms with Crippen molar-refractivity contribution in [3.05, 3.63) is 64.2 Å². The zero-order valence-corrected chi connectivity index (χ0v) is 12.3. The third kappa shape index (κ3) is 2.94. The fraction of sp³-hybridized carbons (Fsp3) is 0.188. The molecule has 2 N–H and O–H groups in total. The lowest BCUT2D eigenvalue weighted by atomic mass is 10.1. The predicted molar refractivity (Wildman–Crippen MR) is 82.8 cm³/mol. The van der Waals surface area contributed by atoms with E-state index in [1.807, 2.05) is 31.2 Å². The maximum atomic E-state index is 12.5. The van der Waals surface area contributed by atoms with Gasteiger partial charge in [0.05, 0.1) is 10.6 Å². The lowest BCUT2D eigenvalue weighted by molar-refractivity contribution is 0.0786. The summed E-state index contributed by atoms with van der Waals surface area (Å²) in [5, 5.41) is 0.381. The summed E-state index contributed by atoms with van der Waals surface area (Å²) in [6, 6.07) is 13.1. The van der Waals surface area contributed by atoms with Gasteiger partial charge in [-0.25, -0.2) is 0 Å². The molecule has 4 heteroatoms. The summed E-state index contributed by atoms with van der Waals surface area (Å²) in [4.78, 5) is 14.1. The van der Waals surface area contributed by atoms with Crippen LogP contribution < -0.4 is 5.73 Å². The van der Waals surface area contributed by atoms with Crippen LogP contribution in [-0.4, -0.2) is 17.9 Å². The van der Waals surface area contributed by atoms with E-state index < -0.39 is 0 Å². The summed E-state index contributed by atoms with van der Waals surface area (Å²) in [5.41, 5.74) is 8.88. The standard InChI is InChI=1S/C16H17ClN2O/c1-11-6-3-4-7-12(11)10-19(2)16(20)15-13(17)8-5-9-14(15)18/h3-9H,10,18H2,1-2H3. The van der Waals surface area contributed by atoms with Crippen molar-refractivity contribution in [1.82, 2.24) is 4.90 Å². The van der Waals surface area contributed by atoms with Crippen LogP contribution in [0.25, 0.3) is 0 Å². The normalized spacial score (nSPS) is 10.3. The first-order valence-electron chi connectivity index (χ1n) is 6.34. The molecule has 0 aliphatic carbocycles. The van der Waals surface area contributed by atoms with Crippen LogP contribution in [0, 0.1) is 6.92 Å². The highest BCUT2D eigenvalue weighted by molar-refractivity contribution is 6.34. The van der Waals surface area contributed by atoms with Crippen LogP contribution in [-0.2, 0) is 6.54 Å². The Hall–Kier alpha value is -2.00. The lowest BCUT2D eigenvalue weighted by Gasteiger charge is -2.20. The van der Waals surface area contributed by atoms with Crippen LogP contribution in [0.15, 0.2) is 42.5 Å². The Balaban J connectivity index is 2.24. The zero-order valence-electron chi connectivity index (χ0n) is 11.6. The molecule has 2 rings (SSSR count). The van der Waals surface area contributed by atoms with Crippen molar-refractivity contribution in [3.8, 4) is 0 Å². The SMILES string of the molecule is Cc1ccccc1CN(C)C(=O)c1c(N)cccc1Cl. The van der Waals surface area contributed by atoms with Gasteiger partial charge in [-0.2, -0.15) is 0 Å². The van der Waals surface area contributed by atoms with E-state index >= 15 is 0 Å². The molecule has 3 nitrogen and oxygen atoms in total. The number of carbonyl (C=O) groups excluding carboxylic acids is 1. The van der Waals surface area contributed by atoms with Gasteiger partial charge in [0, 0.05) is 19.3 Å². The van der Waals surface area contributed by atoms with E-state index in [4.69, 9.17) is 17.3 Å². The Kier molecular flexibility index (Phi) is 4.30. The molecule has 104 valence electrons. The van der Waals surface area contributed by atoms with Gasteiger partial charge in [0.25, 0.3) is 5.91 Å². The Morgan fingerprint density at radius 3 is 2.55 bits per heavy atom. The fourth-order valence-electron chi connectivity index (χ4n) is 2.07. The van der Waals surface area contributed by atoms with Gasteiger partial charge in [0.15, 0.2) is 0 Å². The van der Waals surface area contributed by atoms with Crippen LogP contribution in [0.1, 0.15) is 21.5 Å². The minimum atomic E-state index is -0.170. The topological polar surface area (TPSA) is 46.3 Å². The van der Waals surface area contributed by atoms with Crippen LogP contribution >= 0.6 is 11.6 Å². The van der Waals surface area contributed by atoms with Crippen molar-refractivity contribution in [2.45, 2.75) is 13.5 Å². The van der Waals surface area contributed by atoms with Gasteiger partial charge < -0.3 is 10.6 Å². The Morgan fingerprint density at radius 1 is 1.20 bits per heavy atom. The molecule has 2 aromatic carbocycles. The monoisotopic (exact) mass is 288 g/mol. The van der Waals surface area contributed by atoms with Gasteiger partial charge in [-0.15, -0.1) is 0 Å². The van der Waals surface area contributed by atoms with Crippen molar-refractivity contribution in [1.29, 1.82) is 0 Å². The first-order valence-corrected chi connectivity index (χ1v) is 6.72. The van der Waals surface area contributed by atoms with E-state index in [2.05, 4.69) is 0 Å². The van der Waals surface area contributed by atoms with E-state index in [-0.39, 0.29) is 5.91 Å². The fourth-order valence-corrected chi connectivity index (χ4v) is 2.33. The Morgan fingerprint density at radius 2 is 1.90 bits per heavy atom. The van der Waals surface area contributed by atoms with Gasteiger partial charge in [-0.1, -0.05) is 41.9 Å². The Bertz CT molecular complexity index is 620. The molecule has 0 radical (unpaired) electrons. The van der Waals surface area contributed by atoms with Gasteiger partial charge in [-0.05, 0) is 30.2 Å². The number of hydrogen-bond acceptors (Lipinski definition) is 2. The summed E-state index contributed by atoms with van der Waals surface area (Å²) in [6.07, 6.45) is 0. The quantitative estimate of drug-likeness (QED) is 0.879. The molecule has 0 atom stereocenters. The molecule has 0 bridgehead atoms. The van der Waals surface area contributed by atoms with Crippen LogP contribution in [0.4, 0.5) is 5.69 Å². The zero-order chi connectivity index (χ0) is 14.7. The number of aryl methyl sites for hydroxylation is 1. The molecule has 0 aliphatic heterocycles. The third-order valence-electron chi connectivity index (χ3n) is 3.28. The number of nitrogen functional groups attached to an aromatic ring is 1. The average molecular weight is 289 g/mol. The highest BCUT2D eigenvalue weighted by atomic mass is 35.5. The first-order chi connectivity index (χ1) is 9.50. The van der Waals surface area contributed by atoms with Crippen LogP contribution in [0.5, 0.6) is 0 Å². The van der Waals surface area contributed by atoms with E-state index in [9.17, 15) is 4.79 Å². The number of nitrogens with two attached hydrogens (primary N) is 1. The second-order valence-corrected chi connectivity index (χ2v) is 5.20. The number of halogens is 1. The van der Waals surface area contributed by atoms with Gasteiger partial charge in [0.2, 0.25) is 0 Å². The Labute approximate surface area is 124 Å². The minimum Gasteiger partial charge on any atom is -0.398 e. The van der Waals surface area contributed by atoms with E-state index in [0.717, 1.165) is 11.1 Å². The van der Waals surface area contributed by atoms with Crippen molar-refractivity contribution in [3.63, 3.8) is 0 Å². The lowest BCUT2D eigenvalue weighted by Crippen LogP contribution is -2.27. The summed E-state index contributed by atoms with van der Waals surface area (Å²) in [7, 11) is 1.75. The number of benzene rings is 2. The molecule has 0 aliphatic rings. The van der Waals surface area contributed by atoms with Gasteiger partial charge >= 0.3 is 0 Å². The molecule has 0 fully saturated rings. The number of nitrogens with zero attached hydrogens (tertiary/aromatic N) is 1. The molecule has 0 heterocycles. The second kappa shape index (κ2) is 5.97. The van der Waals surface area contributed by atoms with E-state index in [0.29, 0.717) is 22.8 Å². The van der Waals surface area contributed by atoms with Crippen molar-refractivity contribution >= 4 is 23.2 Å². The first kappa shape index (κ1) is 14.4. The number of anilines is 1. The molecule has 0 spiro atoms. The van der Waals surface area contributed by atoms with Gasteiger partial charge in [-0.3, -0.25) is 4.79 Å². The summed E-state index contributed by atoms with van der Waals surface area (Å²) >= 11 is 6.08. The van der Waals surface area contributed by atoms with E-state index in [1.54, 1.807) is 30.1 Å².